The molecule has 0 aromatic carbocycles. The van der Waals surface area contributed by atoms with Crippen LogP contribution >= 0.6 is 11.6 Å². The number of pyridine rings is 1. The van der Waals surface area contributed by atoms with Crippen LogP contribution in [-0.2, 0) is 16.0 Å². The van der Waals surface area contributed by atoms with E-state index in [-0.39, 0.29) is 17.4 Å². The van der Waals surface area contributed by atoms with Gasteiger partial charge in [-0.3, -0.25) is 9.78 Å². The van der Waals surface area contributed by atoms with E-state index in [2.05, 4.69) is 10.1 Å². The Morgan fingerprint density at radius 2 is 2.15 bits per heavy atom. The molecule has 0 aliphatic heterocycles. The van der Waals surface area contributed by atoms with Crippen molar-refractivity contribution in [2.75, 3.05) is 17.7 Å². The van der Waals surface area contributed by atoms with Crippen LogP contribution in [0.5, 0.6) is 0 Å². The van der Waals surface area contributed by atoms with E-state index in [0.29, 0.717) is 5.69 Å². The number of rotatable bonds is 6. The van der Waals surface area contributed by atoms with Gasteiger partial charge in [0.1, 0.15) is 5.69 Å². The van der Waals surface area contributed by atoms with Crippen LogP contribution in [0.4, 0.5) is 18.9 Å². The molecule has 148 valence electrons. The largest absolute Gasteiger partial charge is 0.616 e. The van der Waals surface area contributed by atoms with Crippen LogP contribution in [0.1, 0.15) is 13.8 Å². The molecule has 2 rings (SSSR count). The predicted molar refractivity (Wildman–Crippen MR) is 97.5 cm³/mol. The van der Waals surface area contributed by atoms with E-state index < -0.39 is 34.4 Å². The van der Waals surface area contributed by atoms with Crippen molar-refractivity contribution >= 4 is 34.4 Å². The summed E-state index contributed by atoms with van der Waals surface area (Å²) in [5.74, 6) is -2.38. The van der Waals surface area contributed by atoms with E-state index in [1.54, 1.807) is 25.3 Å². The molecule has 0 fully saturated rings. The highest BCUT2D eigenvalue weighted by Gasteiger charge is 2.53. The lowest BCUT2D eigenvalue weighted by Gasteiger charge is -2.29. The lowest BCUT2D eigenvalue weighted by molar-refractivity contribution is -0.148. The quantitative estimate of drug-likeness (QED) is 0.670. The Hall–Kier alpha value is -1.78. The number of hydrogen-bond donors (Lipinski definition) is 0. The lowest BCUT2D eigenvalue weighted by atomic mass is 10.1. The van der Waals surface area contributed by atoms with Crippen LogP contribution in [0.2, 0.25) is 5.15 Å². The van der Waals surface area contributed by atoms with Gasteiger partial charge in [-0.1, -0.05) is 11.6 Å². The highest BCUT2D eigenvalue weighted by molar-refractivity contribution is 7.91. The van der Waals surface area contributed by atoms with Crippen molar-refractivity contribution in [3.63, 3.8) is 0 Å². The number of hydrogen-bond acceptors (Lipinski definition) is 4. The molecule has 0 bridgehead atoms. The average molecular weight is 423 g/mol. The minimum absolute atomic E-state index is 0.0394. The first kappa shape index (κ1) is 21.5. The SMILES string of the molecule is CCN(C(=O)C(C)C([S+](C)[O-])C(F)(F)F)c1cn(-c2cccnc2)nc1Cl. The van der Waals surface area contributed by atoms with Gasteiger partial charge < -0.3 is 9.45 Å². The Kier molecular flexibility index (Phi) is 6.77. The van der Waals surface area contributed by atoms with Gasteiger partial charge in [-0.25, -0.2) is 4.68 Å². The van der Waals surface area contributed by atoms with E-state index in [1.165, 1.54) is 17.1 Å². The number of nitrogens with zero attached hydrogens (tertiary/aromatic N) is 4. The normalized spacial score (nSPS) is 15.3. The molecule has 2 aromatic heterocycles. The first-order valence-corrected chi connectivity index (χ1v) is 9.93. The molecule has 0 spiro atoms. The molecule has 1 amide bonds. The van der Waals surface area contributed by atoms with E-state index >= 15 is 0 Å². The maximum Gasteiger partial charge on any atom is 0.437 e. The number of carbonyl (C=O) groups is 1. The van der Waals surface area contributed by atoms with Gasteiger partial charge in [-0.15, -0.1) is 0 Å². The first-order valence-electron chi connectivity index (χ1n) is 7.93. The van der Waals surface area contributed by atoms with Crippen molar-refractivity contribution in [2.24, 2.45) is 5.92 Å². The molecule has 0 aliphatic carbocycles. The van der Waals surface area contributed by atoms with E-state index in [0.717, 1.165) is 18.1 Å². The molecular formula is C16H18ClF3N4O2S. The molecule has 6 nitrogen and oxygen atoms in total. The minimum Gasteiger partial charge on any atom is -0.616 e. The third kappa shape index (κ3) is 4.74. The summed E-state index contributed by atoms with van der Waals surface area (Å²) >= 11 is 3.86. The molecule has 3 unspecified atom stereocenters. The lowest BCUT2D eigenvalue weighted by Crippen LogP contribution is -2.48. The second-order valence-corrected chi connectivity index (χ2v) is 7.66. The number of alkyl halides is 3. The molecular weight excluding hydrogens is 405 g/mol. The third-order valence-electron chi connectivity index (χ3n) is 3.96. The summed E-state index contributed by atoms with van der Waals surface area (Å²) in [5, 5.41) is 1.77. The highest BCUT2D eigenvalue weighted by Crippen LogP contribution is 2.34. The Bertz CT molecular complexity index is 786. The average Bonchev–Trinajstić information content (AvgIpc) is 2.96. The zero-order chi connectivity index (χ0) is 20.4. The molecule has 0 saturated carbocycles. The number of aromatic nitrogens is 3. The fraction of sp³-hybridized carbons (Fsp3) is 0.438. The Labute approximate surface area is 162 Å². The van der Waals surface area contributed by atoms with Crippen molar-refractivity contribution in [1.29, 1.82) is 0 Å². The van der Waals surface area contributed by atoms with Gasteiger partial charge in [0.2, 0.25) is 11.2 Å². The van der Waals surface area contributed by atoms with Gasteiger partial charge in [0.15, 0.2) is 5.15 Å². The summed E-state index contributed by atoms with van der Waals surface area (Å²) in [4.78, 5) is 17.8. The maximum absolute atomic E-state index is 13.2. The summed E-state index contributed by atoms with van der Waals surface area (Å²) in [6.45, 7) is 2.79. The van der Waals surface area contributed by atoms with Crippen LogP contribution in [0, 0.1) is 5.92 Å². The third-order valence-corrected chi connectivity index (χ3v) is 5.62. The van der Waals surface area contributed by atoms with Gasteiger partial charge in [0.25, 0.3) is 0 Å². The standard InChI is InChI=1S/C16H18ClF3N4O2S/c1-4-23(15(25)10(2)13(27(3)26)16(18,19)20)12-9-24(22-14(12)17)11-6-5-7-21-8-11/h5-10,13H,4H2,1-3H3. The molecule has 3 atom stereocenters. The fourth-order valence-electron chi connectivity index (χ4n) is 2.73. The second kappa shape index (κ2) is 8.49. The molecule has 0 N–H and O–H groups in total. The van der Waals surface area contributed by atoms with Gasteiger partial charge >= 0.3 is 6.18 Å². The van der Waals surface area contributed by atoms with Crippen LogP contribution in [-0.4, -0.2) is 49.5 Å². The van der Waals surface area contributed by atoms with Crippen LogP contribution in [0.25, 0.3) is 5.69 Å². The number of anilines is 1. The van der Waals surface area contributed by atoms with Crippen LogP contribution in [0.15, 0.2) is 30.7 Å². The van der Waals surface area contributed by atoms with Crippen molar-refractivity contribution < 1.29 is 22.5 Å². The molecule has 27 heavy (non-hydrogen) atoms. The van der Waals surface area contributed by atoms with Gasteiger partial charge in [0.05, 0.1) is 30.3 Å². The second-order valence-electron chi connectivity index (χ2n) is 5.79. The maximum atomic E-state index is 13.2. The van der Waals surface area contributed by atoms with E-state index in [1.807, 2.05) is 0 Å². The highest BCUT2D eigenvalue weighted by atomic mass is 35.5. The monoisotopic (exact) mass is 422 g/mol. The predicted octanol–water partition coefficient (Wildman–Crippen LogP) is 3.22. The molecule has 2 aromatic rings. The number of carbonyl (C=O) groups excluding carboxylic acids is 1. The zero-order valence-corrected chi connectivity index (χ0v) is 16.3. The molecule has 11 heteroatoms. The summed E-state index contributed by atoms with van der Waals surface area (Å²) in [5.41, 5.74) is 0.743. The summed E-state index contributed by atoms with van der Waals surface area (Å²) < 4.78 is 52.7. The van der Waals surface area contributed by atoms with Crippen molar-refractivity contribution in [3.05, 3.63) is 35.9 Å². The summed E-state index contributed by atoms with van der Waals surface area (Å²) in [6.07, 6.45) is 0.706. The molecule has 2 heterocycles. The van der Waals surface area contributed by atoms with Crippen LogP contribution < -0.4 is 4.90 Å². The number of halogens is 4. The Morgan fingerprint density at radius 3 is 2.63 bits per heavy atom. The zero-order valence-electron chi connectivity index (χ0n) is 14.8. The van der Waals surface area contributed by atoms with Gasteiger partial charge in [0, 0.05) is 12.7 Å². The van der Waals surface area contributed by atoms with Crippen LogP contribution in [0.3, 0.4) is 0 Å². The Morgan fingerprint density at radius 1 is 1.48 bits per heavy atom. The van der Waals surface area contributed by atoms with Gasteiger partial charge in [-0.2, -0.15) is 18.3 Å². The van der Waals surface area contributed by atoms with E-state index in [4.69, 9.17) is 11.6 Å². The molecule has 0 radical (unpaired) electrons. The topological polar surface area (TPSA) is 74.1 Å². The first-order chi connectivity index (χ1) is 12.6. The summed E-state index contributed by atoms with van der Waals surface area (Å²) in [6, 6.07) is 3.39. The van der Waals surface area contributed by atoms with E-state index in [9.17, 15) is 22.5 Å². The molecule has 0 saturated heterocycles. The smallest absolute Gasteiger partial charge is 0.437 e. The number of amides is 1. The summed E-state index contributed by atoms with van der Waals surface area (Å²) in [7, 11) is 0. The van der Waals surface area contributed by atoms with Gasteiger partial charge in [-0.05, 0) is 37.2 Å². The fourth-order valence-corrected chi connectivity index (χ4v) is 4.03. The van der Waals surface area contributed by atoms with Crippen molar-refractivity contribution in [2.45, 2.75) is 25.3 Å². The minimum atomic E-state index is -4.77. The van der Waals surface area contributed by atoms with Crippen molar-refractivity contribution in [3.8, 4) is 5.69 Å². The van der Waals surface area contributed by atoms with Crippen molar-refractivity contribution in [1.82, 2.24) is 14.8 Å². The molecule has 0 aliphatic rings. The Balaban J connectivity index is 2.36.